The maximum atomic E-state index is 12.8. The molecular weight excluding hydrogens is 261 g/mol. The van der Waals surface area contributed by atoms with Gasteiger partial charge in [0.25, 0.3) is 0 Å². The fourth-order valence-corrected chi connectivity index (χ4v) is 2.60. The van der Waals surface area contributed by atoms with E-state index in [2.05, 4.69) is 5.16 Å². The zero-order valence-electron chi connectivity index (χ0n) is 11.2. The molecule has 20 heavy (non-hydrogen) atoms. The number of rotatable bonds is 5. The second kappa shape index (κ2) is 6.33. The fraction of sp³-hybridized carbons (Fsp3) is 0.533. The second-order valence-electron chi connectivity index (χ2n) is 5.16. The van der Waals surface area contributed by atoms with Crippen LogP contribution in [0.25, 0.3) is 0 Å². The fourth-order valence-electron chi connectivity index (χ4n) is 2.60. The first-order chi connectivity index (χ1) is 9.86. The van der Waals surface area contributed by atoms with Crippen LogP contribution in [0.4, 0.5) is 4.39 Å². The van der Waals surface area contributed by atoms with Gasteiger partial charge < -0.3 is 14.3 Å². The average Bonchev–Trinajstić information content (AvgIpc) is 2.91. The van der Waals surface area contributed by atoms with Crippen LogP contribution in [0.5, 0.6) is 0 Å². The van der Waals surface area contributed by atoms with Gasteiger partial charge in [0.15, 0.2) is 6.10 Å². The summed E-state index contributed by atoms with van der Waals surface area (Å²) in [5, 5.41) is 3.88. The van der Waals surface area contributed by atoms with E-state index in [9.17, 15) is 4.39 Å². The molecule has 108 valence electrons. The monoisotopic (exact) mass is 279 g/mol. The molecule has 0 N–H and O–H groups in total. The number of nitrogens with zero attached hydrogens (tertiary/aromatic N) is 1. The summed E-state index contributed by atoms with van der Waals surface area (Å²) in [5.41, 5.74) is 1.96. The highest BCUT2D eigenvalue weighted by molar-refractivity contribution is 5.89. The van der Waals surface area contributed by atoms with E-state index in [-0.39, 0.29) is 12.0 Å². The van der Waals surface area contributed by atoms with Crippen molar-refractivity contribution in [3.8, 4) is 0 Å². The van der Waals surface area contributed by atoms with Crippen molar-refractivity contribution in [2.75, 3.05) is 19.9 Å². The summed E-state index contributed by atoms with van der Waals surface area (Å²) >= 11 is 0. The Labute approximate surface area is 117 Å². The van der Waals surface area contributed by atoms with E-state index in [0.717, 1.165) is 11.3 Å². The van der Waals surface area contributed by atoms with Gasteiger partial charge in [-0.05, 0) is 12.0 Å². The lowest BCUT2D eigenvalue weighted by Crippen LogP contribution is -2.39. The van der Waals surface area contributed by atoms with Crippen LogP contribution in [0.1, 0.15) is 12.0 Å². The number of alkyl halides is 1. The third-order valence-corrected chi connectivity index (χ3v) is 3.73. The van der Waals surface area contributed by atoms with Crippen LogP contribution in [0.15, 0.2) is 35.5 Å². The molecule has 0 amide bonds. The van der Waals surface area contributed by atoms with Gasteiger partial charge in [0, 0.05) is 5.92 Å². The predicted molar refractivity (Wildman–Crippen MR) is 72.2 cm³/mol. The van der Waals surface area contributed by atoms with Gasteiger partial charge in [0.2, 0.25) is 0 Å². The minimum Gasteiger partial charge on any atom is -0.389 e. The molecule has 0 saturated carbocycles. The zero-order valence-corrected chi connectivity index (χ0v) is 11.2. The Kier molecular flexibility index (Phi) is 4.28. The lowest BCUT2D eigenvalue weighted by atomic mass is 9.90. The highest BCUT2D eigenvalue weighted by Gasteiger charge is 2.39. The molecule has 0 aromatic heterocycles. The van der Waals surface area contributed by atoms with Crippen LogP contribution in [-0.2, 0) is 20.9 Å². The predicted octanol–water partition coefficient (Wildman–Crippen LogP) is 2.33. The van der Waals surface area contributed by atoms with Crippen LogP contribution in [0.2, 0.25) is 0 Å². The summed E-state index contributed by atoms with van der Waals surface area (Å²) in [5.74, 6) is 0.0408. The summed E-state index contributed by atoms with van der Waals surface area (Å²) in [7, 11) is 0. The number of fused-ring (bicyclic) bond motifs is 1. The van der Waals surface area contributed by atoms with Crippen LogP contribution in [0, 0.1) is 5.92 Å². The molecule has 0 spiro atoms. The number of oxime groups is 1. The van der Waals surface area contributed by atoms with Crippen molar-refractivity contribution in [3.63, 3.8) is 0 Å². The Morgan fingerprint density at radius 2 is 2.15 bits per heavy atom. The highest BCUT2D eigenvalue weighted by Crippen LogP contribution is 2.29. The topological polar surface area (TPSA) is 40.0 Å². The Hall–Kier alpha value is -1.46. The molecule has 0 radical (unpaired) electrons. The number of halogens is 1. The highest BCUT2D eigenvalue weighted by atomic mass is 19.1. The van der Waals surface area contributed by atoms with Gasteiger partial charge in [-0.2, -0.15) is 0 Å². The number of hydrogen-bond acceptors (Lipinski definition) is 4. The van der Waals surface area contributed by atoms with Gasteiger partial charge in [-0.3, -0.25) is 0 Å². The van der Waals surface area contributed by atoms with Crippen molar-refractivity contribution in [1.82, 2.24) is 0 Å². The molecule has 2 aliphatic heterocycles. The number of ether oxygens (including phenoxy) is 2. The van der Waals surface area contributed by atoms with E-state index in [0.29, 0.717) is 26.2 Å². The van der Waals surface area contributed by atoms with Crippen molar-refractivity contribution in [2.45, 2.75) is 25.2 Å². The van der Waals surface area contributed by atoms with Crippen LogP contribution in [0.3, 0.4) is 0 Å². The van der Waals surface area contributed by atoms with Gasteiger partial charge in [0.05, 0.1) is 31.6 Å². The molecule has 2 heterocycles. The quantitative estimate of drug-likeness (QED) is 0.830. The van der Waals surface area contributed by atoms with Crippen LogP contribution >= 0.6 is 0 Å². The molecule has 2 aliphatic rings. The summed E-state index contributed by atoms with van der Waals surface area (Å²) in [4.78, 5) is 5.06. The molecule has 0 bridgehead atoms. The summed E-state index contributed by atoms with van der Waals surface area (Å²) in [6.45, 7) is 0.989. The first-order valence-corrected chi connectivity index (χ1v) is 6.88. The average molecular weight is 279 g/mol. The molecule has 3 rings (SSSR count). The summed E-state index contributed by atoms with van der Waals surface area (Å²) in [6.07, 6.45) is 0.256. The van der Waals surface area contributed by atoms with Gasteiger partial charge in [0.1, 0.15) is 6.67 Å². The Balaban J connectivity index is 1.46. The van der Waals surface area contributed by atoms with Gasteiger partial charge >= 0.3 is 0 Å². The standard InChI is InChI=1S/C15H18FNO3/c16-7-15-13-6-12(19-10-14(13)17-20-15)9-18-8-11-4-2-1-3-5-11/h1-5,12-13,15H,6-10H2/t12-,13-,15+/m1/s1. The van der Waals surface area contributed by atoms with Gasteiger partial charge in [-0.25, -0.2) is 4.39 Å². The third-order valence-electron chi connectivity index (χ3n) is 3.73. The van der Waals surface area contributed by atoms with Gasteiger partial charge in [-0.1, -0.05) is 35.5 Å². The van der Waals surface area contributed by atoms with Crippen molar-refractivity contribution in [2.24, 2.45) is 11.1 Å². The second-order valence-corrected chi connectivity index (χ2v) is 5.16. The summed E-state index contributed by atoms with van der Waals surface area (Å²) < 4.78 is 24.1. The lowest BCUT2D eigenvalue weighted by molar-refractivity contribution is -0.0379. The van der Waals surface area contributed by atoms with Crippen LogP contribution in [-0.4, -0.2) is 37.8 Å². The minimum atomic E-state index is -0.505. The molecule has 1 fully saturated rings. The van der Waals surface area contributed by atoms with E-state index in [1.807, 2.05) is 30.3 Å². The minimum absolute atomic E-state index is 0.0154. The van der Waals surface area contributed by atoms with E-state index >= 15 is 0 Å². The molecule has 1 aromatic carbocycles. The number of hydrogen-bond donors (Lipinski definition) is 0. The Morgan fingerprint density at radius 3 is 2.95 bits per heavy atom. The Bertz CT molecular complexity index is 465. The molecule has 1 aromatic rings. The molecular formula is C15H18FNO3. The van der Waals surface area contributed by atoms with E-state index < -0.39 is 12.8 Å². The van der Waals surface area contributed by atoms with E-state index in [4.69, 9.17) is 14.3 Å². The third kappa shape index (κ3) is 2.99. The van der Waals surface area contributed by atoms with E-state index in [1.54, 1.807) is 0 Å². The maximum absolute atomic E-state index is 12.8. The molecule has 4 nitrogen and oxygen atoms in total. The zero-order chi connectivity index (χ0) is 13.8. The van der Waals surface area contributed by atoms with Crippen molar-refractivity contribution in [3.05, 3.63) is 35.9 Å². The van der Waals surface area contributed by atoms with E-state index in [1.165, 1.54) is 0 Å². The molecule has 3 atom stereocenters. The van der Waals surface area contributed by atoms with Crippen molar-refractivity contribution < 1.29 is 18.7 Å². The largest absolute Gasteiger partial charge is 0.389 e. The normalized spacial score (nSPS) is 28.6. The van der Waals surface area contributed by atoms with Gasteiger partial charge in [-0.15, -0.1) is 0 Å². The van der Waals surface area contributed by atoms with Crippen LogP contribution < -0.4 is 0 Å². The molecule has 5 heteroatoms. The smallest absolute Gasteiger partial charge is 0.164 e. The number of benzene rings is 1. The lowest BCUT2D eigenvalue weighted by Gasteiger charge is -2.28. The molecule has 1 saturated heterocycles. The molecule has 0 unspecified atom stereocenters. The first-order valence-electron chi connectivity index (χ1n) is 6.88. The first kappa shape index (κ1) is 13.5. The maximum Gasteiger partial charge on any atom is 0.164 e. The summed E-state index contributed by atoms with van der Waals surface area (Å²) in [6, 6.07) is 10.00. The SMILES string of the molecule is FC[C@@H]1ON=C2CO[C@@H](COCc3ccccc3)C[C@H]21. The molecule has 0 aliphatic carbocycles. The van der Waals surface area contributed by atoms with Crippen molar-refractivity contribution >= 4 is 5.71 Å². The Morgan fingerprint density at radius 1 is 1.30 bits per heavy atom. The van der Waals surface area contributed by atoms with Crippen molar-refractivity contribution in [1.29, 1.82) is 0 Å².